The zero-order valence-electron chi connectivity index (χ0n) is 19.1. The molecule has 0 aromatic heterocycles. The summed E-state index contributed by atoms with van der Waals surface area (Å²) in [6.07, 6.45) is 13.5. The summed E-state index contributed by atoms with van der Waals surface area (Å²) in [4.78, 5) is 0. The van der Waals surface area contributed by atoms with Crippen molar-refractivity contribution in [3.05, 3.63) is 59.7 Å². The van der Waals surface area contributed by atoms with Gasteiger partial charge in [0, 0.05) is 0 Å². The van der Waals surface area contributed by atoms with Gasteiger partial charge in [-0.25, -0.2) is 24.3 Å². The molecule has 2 rings (SSSR count). The van der Waals surface area contributed by atoms with Crippen LogP contribution in [0.25, 0.3) is 0 Å². The summed E-state index contributed by atoms with van der Waals surface area (Å²) in [6, 6.07) is 17.5. The Morgan fingerprint density at radius 1 is 0.586 bits per heavy atom. The molecule has 0 fully saturated rings. The van der Waals surface area contributed by atoms with Gasteiger partial charge in [-0.1, -0.05) is 91.9 Å². The van der Waals surface area contributed by atoms with E-state index in [1.54, 1.807) is 0 Å². The van der Waals surface area contributed by atoms with Gasteiger partial charge in [-0.2, -0.15) is 35.4 Å². The molecule has 2 atom stereocenters. The van der Waals surface area contributed by atoms with Crippen LogP contribution in [-0.2, 0) is 34.6 Å². The molecular formula is C26H42Cl2Ti. The van der Waals surface area contributed by atoms with Crippen LogP contribution >= 0.6 is 0 Å². The molecule has 0 aliphatic carbocycles. The molecule has 0 aliphatic heterocycles. The summed E-state index contributed by atoms with van der Waals surface area (Å²) in [5.74, 6) is 1.81. The van der Waals surface area contributed by atoms with Gasteiger partial charge in [-0.3, -0.25) is 0 Å². The van der Waals surface area contributed by atoms with E-state index in [-0.39, 0.29) is 46.5 Å². The van der Waals surface area contributed by atoms with Crippen molar-refractivity contribution in [3.63, 3.8) is 0 Å². The van der Waals surface area contributed by atoms with Crippen molar-refractivity contribution in [2.75, 3.05) is 0 Å². The Kier molecular flexibility index (Phi) is 26.3. The van der Waals surface area contributed by atoms with Crippen molar-refractivity contribution in [2.24, 2.45) is 11.8 Å². The third-order valence-electron chi connectivity index (χ3n) is 5.60. The van der Waals surface area contributed by atoms with Gasteiger partial charge in [-0.05, 0) is 11.8 Å². The Labute approximate surface area is 209 Å². The van der Waals surface area contributed by atoms with E-state index >= 15 is 0 Å². The Morgan fingerprint density at radius 3 is 1.14 bits per heavy atom. The second kappa shape index (κ2) is 22.7. The van der Waals surface area contributed by atoms with Gasteiger partial charge in [0.05, 0.1) is 0 Å². The fourth-order valence-electron chi connectivity index (χ4n) is 3.65. The van der Waals surface area contributed by atoms with E-state index < -0.39 is 0 Å². The van der Waals surface area contributed by atoms with Gasteiger partial charge < -0.3 is 24.8 Å². The van der Waals surface area contributed by atoms with Gasteiger partial charge >= 0.3 is 21.7 Å². The molecule has 0 aliphatic rings. The molecule has 0 amide bonds. The first-order valence-corrected chi connectivity index (χ1v) is 11.1. The third kappa shape index (κ3) is 16.4. The van der Waals surface area contributed by atoms with Crippen LogP contribution in [0.15, 0.2) is 48.5 Å². The van der Waals surface area contributed by atoms with Crippen molar-refractivity contribution in [1.29, 1.82) is 0 Å². The maximum absolute atomic E-state index is 2.31. The van der Waals surface area contributed by atoms with Crippen LogP contribution in [0.2, 0.25) is 0 Å². The first-order chi connectivity index (χ1) is 12.7. The Hall–Kier alpha value is -0.00571. The molecule has 2 aromatic rings. The number of halogens is 2. The predicted molar refractivity (Wildman–Crippen MR) is 118 cm³/mol. The minimum atomic E-state index is 0. The van der Waals surface area contributed by atoms with E-state index in [0.29, 0.717) is 0 Å². The van der Waals surface area contributed by atoms with Crippen molar-refractivity contribution in [3.8, 4) is 0 Å². The fraction of sp³-hybridized carbons (Fsp3) is 0.615. The van der Waals surface area contributed by atoms with E-state index in [9.17, 15) is 0 Å². The zero-order chi connectivity index (χ0) is 19.0. The number of rotatable bonds is 12. The van der Waals surface area contributed by atoms with Crippen molar-refractivity contribution >= 4 is 0 Å². The molecule has 2 aromatic carbocycles. The van der Waals surface area contributed by atoms with E-state index in [1.807, 2.05) is 0 Å². The van der Waals surface area contributed by atoms with Crippen molar-refractivity contribution < 1.29 is 46.5 Å². The van der Waals surface area contributed by atoms with Crippen LogP contribution in [0.3, 0.4) is 0 Å². The van der Waals surface area contributed by atoms with Gasteiger partial charge in [0.1, 0.15) is 0 Å². The summed E-state index contributed by atoms with van der Waals surface area (Å²) < 4.78 is 0. The first-order valence-electron chi connectivity index (χ1n) is 11.1. The van der Waals surface area contributed by atoms with Gasteiger partial charge in [0.2, 0.25) is 0 Å². The molecule has 0 spiro atoms. The SMILES string of the molecule is CCCCC(CC)C[c-]1cccc1.CCCCC(CC)C[c-]1cccc1.[Cl-].[Cl-].[Ti+4]. The largest absolute Gasteiger partial charge is 4.00 e. The van der Waals surface area contributed by atoms with E-state index in [4.69, 9.17) is 0 Å². The fourth-order valence-corrected chi connectivity index (χ4v) is 3.65. The van der Waals surface area contributed by atoms with Crippen LogP contribution < -0.4 is 24.8 Å². The Bertz CT molecular complexity index is 457. The number of hydrogen-bond donors (Lipinski definition) is 0. The third-order valence-corrected chi connectivity index (χ3v) is 5.60. The van der Waals surface area contributed by atoms with Crippen molar-refractivity contribution in [2.45, 2.75) is 91.9 Å². The Balaban J connectivity index is -0.000000422. The molecule has 2 unspecified atom stereocenters. The molecule has 0 saturated heterocycles. The van der Waals surface area contributed by atoms with Crippen LogP contribution in [0.4, 0.5) is 0 Å². The maximum atomic E-state index is 2.31. The van der Waals surface area contributed by atoms with Gasteiger partial charge in [0.15, 0.2) is 0 Å². The van der Waals surface area contributed by atoms with E-state index in [1.165, 1.54) is 75.3 Å². The van der Waals surface area contributed by atoms with E-state index in [2.05, 4.69) is 76.2 Å². The predicted octanol–water partition coefficient (Wildman–Crippen LogP) is 2.33. The second-order valence-corrected chi connectivity index (χ2v) is 7.83. The van der Waals surface area contributed by atoms with Gasteiger partial charge in [0.25, 0.3) is 0 Å². The summed E-state index contributed by atoms with van der Waals surface area (Å²) in [6.45, 7) is 9.16. The minimum absolute atomic E-state index is 0. The van der Waals surface area contributed by atoms with Crippen LogP contribution in [0.5, 0.6) is 0 Å². The summed E-state index contributed by atoms with van der Waals surface area (Å²) in [7, 11) is 0. The molecule has 0 bridgehead atoms. The molecule has 0 heterocycles. The average Bonchev–Trinajstić information content (AvgIpc) is 3.36. The van der Waals surface area contributed by atoms with Crippen LogP contribution in [-0.4, -0.2) is 0 Å². The second-order valence-electron chi connectivity index (χ2n) is 7.83. The van der Waals surface area contributed by atoms with Crippen LogP contribution in [0.1, 0.15) is 90.2 Å². The zero-order valence-corrected chi connectivity index (χ0v) is 22.2. The first kappa shape index (κ1) is 33.6. The quantitative estimate of drug-likeness (QED) is 0.328. The average molecular weight is 473 g/mol. The summed E-state index contributed by atoms with van der Waals surface area (Å²) in [5.41, 5.74) is 3.03. The molecule has 164 valence electrons. The standard InChI is InChI=1S/2C13H21.2ClH.Ti/c2*1-3-5-8-12(4-2)11-13-9-6-7-10-13;;;/h2*6-7,9-10,12H,3-5,8,11H2,1-2H3;2*1H;/q2*-1;;;+4/p-2. The summed E-state index contributed by atoms with van der Waals surface area (Å²) >= 11 is 0. The normalized spacial score (nSPS) is 11.7. The van der Waals surface area contributed by atoms with Gasteiger partial charge in [-0.15, -0.1) is 0 Å². The Morgan fingerprint density at radius 2 is 0.897 bits per heavy atom. The topological polar surface area (TPSA) is 0 Å². The molecule has 0 radical (unpaired) electrons. The number of unbranched alkanes of at least 4 members (excludes halogenated alkanes) is 2. The molecule has 29 heavy (non-hydrogen) atoms. The number of hydrogen-bond acceptors (Lipinski definition) is 0. The summed E-state index contributed by atoms with van der Waals surface area (Å²) in [5, 5.41) is 0. The minimum Gasteiger partial charge on any atom is -1.00 e. The van der Waals surface area contributed by atoms with Crippen LogP contribution in [0, 0.1) is 11.8 Å². The monoisotopic (exact) mass is 472 g/mol. The molecule has 0 saturated carbocycles. The van der Waals surface area contributed by atoms with E-state index in [0.717, 1.165) is 11.8 Å². The molecule has 3 heteroatoms. The molecule has 0 N–H and O–H groups in total. The smallest absolute Gasteiger partial charge is 1.00 e. The molecule has 0 nitrogen and oxygen atoms in total. The van der Waals surface area contributed by atoms with Crippen molar-refractivity contribution in [1.82, 2.24) is 0 Å². The maximum Gasteiger partial charge on any atom is 4.00 e. The molecular weight excluding hydrogens is 431 g/mol.